The first-order chi connectivity index (χ1) is 11.1. The van der Waals surface area contributed by atoms with E-state index in [0.717, 1.165) is 17.3 Å². The zero-order valence-electron chi connectivity index (χ0n) is 12.0. The minimum Gasteiger partial charge on any atom is -0.549 e. The second kappa shape index (κ2) is 6.53. The fourth-order valence-corrected chi connectivity index (χ4v) is 2.45. The van der Waals surface area contributed by atoms with E-state index in [1.54, 1.807) is 25.1 Å². The minimum atomic E-state index is -1.19. The highest BCUT2D eigenvalue weighted by molar-refractivity contribution is 7.99. The molecule has 3 aromatic rings. The molecule has 0 bridgehead atoms. The molecular weight excluding hydrogens is 320 g/mol. The second-order valence-electron chi connectivity index (χ2n) is 4.43. The number of aromatic nitrogens is 3. The van der Waals surface area contributed by atoms with Gasteiger partial charge in [0.25, 0.3) is 0 Å². The number of carbonyl (C=O) groups excluding carboxylic acids is 1. The van der Waals surface area contributed by atoms with Crippen LogP contribution in [0.4, 0.5) is 0 Å². The number of hydrogen-bond acceptors (Lipinski definition) is 8. The van der Waals surface area contributed by atoms with E-state index in [1.165, 1.54) is 23.4 Å². The van der Waals surface area contributed by atoms with Gasteiger partial charge >= 0.3 is 0 Å². The fourth-order valence-electron chi connectivity index (χ4n) is 1.85. The molecule has 0 saturated heterocycles. The molecule has 8 nitrogen and oxygen atoms in total. The van der Waals surface area contributed by atoms with Crippen molar-refractivity contribution in [1.82, 2.24) is 14.9 Å². The van der Waals surface area contributed by atoms with Crippen LogP contribution in [0.2, 0.25) is 0 Å². The third-order valence-electron chi connectivity index (χ3n) is 2.87. The molecule has 0 spiro atoms. The molecule has 0 atom stereocenters. The molecule has 0 saturated carbocycles. The fraction of sp³-hybridized carbons (Fsp3) is 0.143. The number of aryl methyl sites for hydroxylation is 1. The Morgan fingerprint density at radius 2 is 2.26 bits per heavy atom. The average molecular weight is 331 g/mol. The molecule has 0 N–H and O–H groups in total. The zero-order valence-corrected chi connectivity index (χ0v) is 12.8. The Hall–Kier alpha value is -2.81. The summed E-state index contributed by atoms with van der Waals surface area (Å²) in [4.78, 5) is 10.7. The summed E-state index contributed by atoms with van der Waals surface area (Å²) in [6.07, 6.45) is 4.56. The van der Waals surface area contributed by atoms with E-state index in [2.05, 4.69) is 15.3 Å². The smallest absolute Gasteiger partial charge is 0.212 e. The summed E-state index contributed by atoms with van der Waals surface area (Å²) >= 11 is 0.969. The highest BCUT2D eigenvalue weighted by atomic mass is 32.2. The van der Waals surface area contributed by atoms with Gasteiger partial charge in [-0.3, -0.25) is 0 Å². The summed E-state index contributed by atoms with van der Waals surface area (Å²) in [5.74, 6) is 0.201. The summed E-state index contributed by atoms with van der Waals surface area (Å²) in [6.45, 7) is 1.79. The molecule has 3 rings (SSSR count). The van der Waals surface area contributed by atoms with E-state index in [9.17, 15) is 9.90 Å². The van der Waals surface area contributed by atoms with Crippen LogP contribution in [0.5, 0.6) is 0 Å². The topological polar surface area (TPSA) is 109 Å². The van der Waals surface area contributed by atoms with E-state index in [0.29, 0.717) is 22.5 Å². The maximum atomic E-state index is 10.7. The summed E-state index contributed by atoms with van der Waals surface area (Å²) in [7, 11) is 0. The largest absolute Gasteiger partial charge is 0.549 e. The Labute approximate surface area is 134 Å². The molecule has 9 heteroatoms. The highest BCUT2D eigenvalue weighted by Gasteiger charge is 2.17. The van der Waals surface area contributed by atoms with Crippen molar-refractivity contribution in [2.24, 2.45) is 5.10 Å². The van der Waals surface area contributed by atoms with Crippen molar-refractivity contribution >= 4 is 23.9 Å². The summed E-state index contributed by atoms with van der Waals surface area (Å²) in [5, 5.41) is 23.3. The number of carbonyl (C=O) groups is 1. The van der Waals surface area contributed by atoms with E-state index >= 15 is 0 Å². The van der Waals surface area contributed by atoms with Crippen molar-refractivity contribution in [1.29, 1.82) is 0 Å². The lowest BCUT2D eigenvalue weighted by molar-refractivity contribution is -0.301. The number of carboxylic acid groups (broad SMARTS) is 1. The van der Waals surface area contributed by atoms with Crippen molar-refractivity contribution in [2.75, 3.05) is 5.75 Å². The quantitative estimate of drug-likeness (QED) is 0.492. The molecule has 0 amide bonds. The highest BCUT2D eigenvalue weighted by Crippen LogP contribution is 2.26. The summed E-state index contributed by atoms with van der Waals surface area (Å²) < 4.78 is 11.9. The molecule has 3 heterocycles. The number of carboxylic acids is 1. The van der Waals surface area contributed by atoms with Gasteiger partial charge in [0.1, 0.15) is 11.5 Å². The van der Waals surface area contributed by atoms with Crippen molar-refractivity contribution in [3.05, 3.63) is 42.2 Å². The second-order valence-corrected chi connectivity index (χ2v) is 5.37. The van der Waals surface area contributed by atoms with Gasteiger partial charge in [-0.05, 0) is 25.1 Å². The van der Waals surface area contributed by atoms with Gasteiger partial charge in [0.2, 0.25) is 5.16 Å². The van der Waals surface area contributed by atoms with Crippen LogP contribution in [0.25, 0.3) is 11.4 Å². The molecule has 0 radical (unpaired) electrons. The van der Waals surface area contributed by atoms with Crippen LogP contribution in [0.1, 0.15) is 11.5 Å². The van der Waals surface area contributed by atoms with Gasteiger partial charge in [-0.2, -0.15) is 9.78 Å². The Balaban J connectivity index is 1.99. The predicted octanol–water partition coefficient (Wildman–Crippen LogP) is 1.16. The first-order valence-electron chi connectivity index (χ1n) is 6.55. The number of thioether (sulfide) groups is 1. The Kier molecular flexibility index (Phi) is 4.29. The molecule has 3 aromatic heterocycles. The van der Waals surface area contributed by atoms with Crippen LogP contribution in [-0.4, -0.2) is 32.8 Å². The molecule has 23 heavy (non-hydrogen) atoms. The number of hydrogen-bond donors (Lipinski definition) is 0. The first-order valence-corrected chi connectivity index (χ1v) is 7.54. The van der Waals surface area contributed by atoms with Crippen LogP contribution in [0.3, 0.4) is 0 Å². The van der Waals surface area contributed by atoms with Gasteiger partial charge in [-0.1, -0.05) is 11.8 Å². The van der Waals surface area contributed by atoms with Gasteiger partial charge in [0.05, 0.1) is 30.3 Å². The lowest BCUT2D eigenvalue weighted by atomic mass is 10.2. The van der Waals surface area contributed by atoms with Gasteiger partial charge in [-0.15, -0.1) is 10.2 Å². The number of furan rings is 2. The van der Waals surface area contributed by atoms with Crippen molar-refractivity contribution in [3.8, 4) is 11.4 Å². The molecule has 0 aliphatic carbocycles. The molecule has 0 aliphatic rings. The SMILES string of the molecule is Cc1occc1-c1nnc(SCC(=O)[O-])n1/N=C\c1ccco1. The molecule has 0 fully saturated rings. The number of rotatable bonds is 6. The monoisotopic (exact) mass is 331 g/mol. The zero-order chi connectivity index (χ0) is 16.2. The maximum Gasteiger partial charge on any atom is 0.212 e. The van der Waals surface area contributed by atoms with Crippen molar-refractivity contribution in [2.45, 2.75) is 12.1 Å². The number of aliphatic carboxylic acids is 1. The standard InChI is InChI=1S/C14H12N4O4S/c1-9-11(4-6-21-9)13-16-17-14(23-8-12(19)20)18(13)15-7-10-3-2-5-22-10/h2-7H,8H2,1H3,(H,19,20)/p-1/b15-7-. The van der Waals surface area contributed by atoms with Crippen LogP contribution in [0, 0.1) is 6.92 Å². The van der Waals surface area contributed by atoms with Crippen molar-refractivity contribution in [3.63, 3.8) is 0 Å². The predicted molar refractivity (Wildman–Crippen MR) is 79.9 cm³/mol. The van der Waals surface area contributed by atoms with Crippen LogP contribution in [0.15, 0.2) is 49.8 Å². The van der Waals surface area contributed by atoms with Crippen LogP contribution in [-0.2, 0) is 4.79 Å². The summed E-state index contributed by atoms with van der Waals surface area (Å²) in [5.41, 5.74) is 0.717. The average Bonchev–Trinajstić information content (AvgIpc) is 3.23. The summed E-state index contributed by atoms with van der Waals surface area (Å²) in [6, 6.07) is 5.22. The van der Waals surface area contributed by atoms with E-state index in [-0.39, 0.29) is 5.75 Å². The van der Waals surface area contributed by atoms with Crippen LogP contribution < -0.4 is 5.11 Å². The van der Waals surface area contributed by atoms with E-state index < -0.39 is 5.97 Å². The van der Waals surface area contributed by atoms with Gasteiger partial charge in [-0.25, -0.2) is 0 Å². The molecular formula is C14H11N4O4S-. The normalized spacial score (nSPS) is 11.3. The van der Waals surface area contributed by atoms with Gasteiger partial charge in [0.15, 0.2) is 5.82 Å². The third-order valence-corrected chi connectivity index (χ3v) is 3.77. The maximum absolute atomic E-state index is 10.7. The van der Waals surface area contributed by atoms with Crippen LogP contribution >= 0.6 is 11.8 Å². The van der Waals surface area contributed by atoms with E-state index in [1.807, 2.05) is 0 Å². The van der Waals surface area contributed by atoms with Gasteiger partial charge < -0.3 is 18.7 Å². The third kappa shape index (κ3) is 3.34. The van der Waals surface area contributed by atoms with Crippen molar-refractivity contribution < 1.29 is 18.7 Å². The molecule has 0 aliphatic heterocycles. The first kappa shape index (κ1) is 15.1. The number of nitrogens with zero attached hydrogens (tertiary/aromatic N) is 4. The Bertz CT molecular complexity index is 835. The molecule has 0 unspecified atom stereocenters. The Morgan fingerprint density at radius 3 is 2.91 bits per heavy atom. The Morgan fingerprint density at radius 1 is 1.39 bits per heavy atom. The molecule has 0 aromatic carbocycles. The van der Waals surface area contributed by atoms with E-state index in [4.69, 9.17) is 8.83 Å². The molecule has 118 valence electrons. The lowest BCUT2D eigenvalue weighted by Gasteiger charge is -2.04. The lowest BCUT2D eigenvalue weighted by Crippen LogP contribution is -2.24. The van der Waals surface area contributed by atoms with Gasteiger partial charge in [0, 0.05) is 5.75 Å². The minimum absolute atomic E-state index is 0.251.